The molecule has 33 heavy (non-hydrogen) atoms. The summed E-state index contributed by atoms with van der Waals surface area (Å²) in [5.74, 6) is -1.21. The van der Waals surface area contributed by atoms with Gasteiger partial charge in [-0.25, -0.2) is 9.18 Å². The van der Waals surface area contributed by atoms with Gasteiger partial charge in [0.15, 0.2) is 0 Å². The molecule has 0 fully saturated rings. The molecule has 0 radical (unpaired) electrons. The average molecular weight is 471 g/mol. The van der Waals surface area contributed by atoms with Crippen LogP contribution in [-0.2, 0) is 20.9 Å². The molecule has 0 aromatic heterocycles. The number of nitrogens with two attached hydrogens (primary N) is 1. The number of halogens is 2. The van der Waals surface area contributed by atoms with Crippen LogP contribution in [0.3, 0.4) is 0 Å². The van der Waals surface area contributed by atoms with Crippen molar-refractivity contribution in [1.29, 1.82) is 5.26 Å². The Morgan fingerprint density at radius 2 is 1.97 bits per heavy atom. The second kappa shape index (κ2) is 9.97. The number of allylic oxidation sites excluding steroid dienone is 2. The van der Waals surface area contributed by atoms with Gasteiger partial charge in [0.1, 0.15) is 35.6 Å². The molecule has 172 valence electrons. The van der Waals surface area contributed by atoms with E-state index in [1.807, 2.05) is 26.0 Å². The number of nitriles is 1. The Hall–Kier alpha value is -3.50. The second-order valence-corrected chi connectivity index (χ2v) is 8.02. The Bertz CT molecular complexity index is 1210. The van der Waals surface area contributed by atoms with E-state index < -0.39 is 17.7 Å². The summed E-state index contributed by atoms with van der Waals surface area (Å²) in [5, 5.41) is 9.98. The van der Waals surface area contributed by atoms with Crippen molar-refractivity contribution in [3.8, 4) is 11.8 Å². The molecule has 1 aliphatic heterocycles. The van der Waals surface area contributed by atoms with Gasteiger partial charge in [0.2, 0.25) is 5.88 Å². The van der Waals surface area contributed by atoms with Gasteiger partial charge in [-0.15, -0.1) is 0 Å². The van der Waals surface area contributed by atoms with E-state index in [1.165, 1.54) is 18.2 Å². The van der Waals surface area contributed by atoms with E-state index in [2.05, 4.69) is 6.07 Å². The predicted octanol–water partition coefficient (Wildman–Crippen LogP) is 5.32. The van der Waals surface area contributed by atoms with E-state index in [9.17, 15) is 14.4 Å². The zero-order chi connectivity index (χ0) is 24.3. The maximum atomic E-state index is 13.3. The number of carbonyl (C=O) groups is 1. The fraction of sp³-hybridized carbons (Fsp3) is 0.280. The minimum absolute atomic E-state index is 0.0519. The van der Waals surface area contributed by atoms with Crippen molar-refractivity contribution in [2.45, 2.75) is 40.2 Å². The van der Waals surface area contributed by atoms with Crippen LogP contribution in [0.5, 0.6) is 5.75 Å². The molecule has 2 aromatic carbocycles. The number of esters is 1. The van der Waals surface area contributed by atoms with Gasteiger partial charge in [-0.3, -0.25) is 0 Å². The molecule has 0 bridgehead atoms. The molecule has 0 unspecified atom stereocenters. The van der Waals surface area contributed by atoms with Crippen LogP contribution in [-0.4, -0.2) is 12.6 Å². The van der Waals surface area contributed by atoms with Gasteiger partial charge in [0.05, 0.1) is 23.1 Å². The van der Waals surface area contributed by atoms with E-state index in [4.69, 9.17) is 31.5 Å². The van der Waals surface area contributed by atoms with E-state index >= 15 is 0 Å². The number of rotatable bonds is 6. The van der Waals surface area contributed by atoms with Crippen molar-refractivity contribution < 1.29 is 23.4 Å². The lowest BCUT2D eigenvalue weighted by atomic mass is 9.80. The smallest absolute Gasteiger partial charge is 0.338 e. The predicted molar refractivity (Wildman–Crippen MR) is 122 cm³/mol. The van der Waals surface area contributed by atoms with Gasteiger partial charge in [0, 0.05) is 0 Å². The quantitative estimate of drug-likeness (QED) is 0.574. The molecule has 1 aliphatic rings. The molecule has 2 aromatic rings. The molecule has 1 heterocycles. The van der Waals surface area contributed by atoms with Crippen molar-refractivity contribution in [3.05, 3.63) is 86.2 Å². The number of nitrogens with zero attached hydrogens (tertiary/aromatic N) is 1. The fourth-order valence-corrected chi connectivity index (χ4v) is 4.02. The highest BCUT2D eigenvalue weighted by atomic mass is 35.5. The van der Waals surface area contributed by atoms with Gasteiger partial charge in [0.25, 0.3) is 0 Å². The molecular formula is C25H24ClFN2O4. The van der Waals surface area contributed by atoms with Crippen LogP contribution in [0.15, 0.2) is 53.1 Å². The van der Waals surface area contributed by atoms with Gasteiger partial charge >= 0.3 is 5.97 Å². The highest BCUT2D eigenvalue weighted by Crippen LogP contribution is 2.41. The van der Waals surface area contributed by atoms with Crippen LogP contribution in [0, 0.1) is 31.0 Å². The van der Waals surface area contributed by atoms with E-state index in [-0.39, 0.29) is 41.0 Å². The van der Waals surface area contributed by atoms with E-state index in [1.54, 1.807) is 13.8 Å². The second-order valence-electron chi connectivity index (χ2n) is 7.61. The Kier molecular flexibility index (Phi) is 7.29. The van der Waals surface area contributed by atoms with Gasteiger partial charge in [-0.05, 0) is 68.1 Å². The number of hydrogen-bond donors (Lipinski definition) is 1. The SMILES string of the molecule is CCOC(=O)C1=C(C)OC(N)=C(C#N)[C@@H]1c1cc(COc2ccc(F)cc2Cl)c(C)cc1C. The van der Waals surface area contributed by atoms with Crippen molar-refractivity contribution in [2.24, 2.45) is 5.73 Å². The number of carbonyl (C=O) groups excluding carboxylic acids is 1. The molecule has 0 saturated carbocycles. The number of benzene rings is 2. The van der Waals surface area contributed by atoms with Crippen LogP contribution >= 0.6 is 11.6 Å². The summed E-state index contributed by atoms with van der Waals surface area (Å²) in [4.78, 5) is 12.8. The number of aryl methyl sites for hydroxylation is 2. The normalized spacial score (nSPS) is 15.7. The van der Waals surface area contributed by atoms with Crippen LogP contribution in [0.25, 0.3) is 0 Å². The zero-order valence-electron chi connectivity index (χ0n) is 18.8. The highest BCUT2D eigenvalue weighted by molar-refractivity contribution is 6.32. The summed E-state index contributed by atoms with van der Waals surface area (Å²) in [5.41, 5.74) is 9.67. The largest absolute Gasteiger partial charge is 0.487 e. The molecule has 3 rings (SSSR count). The summed E-state index contributed by atoms with van der Waals surface area (Å²) < 4.78 is 29.9. The third-order valence-corrected chi connectivity index (χ3v) is 5.71. The Balaban J connectivity index is 2.06. The lowest BCUT2D eigenvalue weighted by Crippen LogP contribution is -2.26. The first-order valence-electron chi connectivity index (χ1n) is 10.3. The van der Waals surface area contributed by atoms with Crippen molar-refractivity contribution in [1.82, 2.24) is 0 Å². The molecule has 0 saturated heterocycles. The van der Waals surface area contributed by atoms with Crippen LogP contribution < -0.4 is 10.5 Å². The average Bonchev–Trinajstić information content (AvgIpc) is 2.74. The highest BCUT2D eigenvalue weighted by Gasteiger charge is 2.37. The Morgan fingerprint density at radius 3 is 2.61 bits per heavy atom. The molecule has 2 N–H and O–H groups in total. The van der Waals surface area contributed by atoms with Crippen LogP contribution in [0.4, 0.5) is 4.39 Å². The van der Waals surface area contributed by atoms with Gasteiger partial charge in [-0.2, -0.15) is 5.26 Å². The van der Waals surface area contributed by atoms with Gasteiger partial charge < -0.3 is 19.9 Å². The van der Waals surface area contributed by atoms with Crippen LogP contribution in [0.2, 0.25) is 5.02 Å². The Morgan fingerprint density at radius 1 is 1.24 bits per heavy atom. The lowest BCUT2D eigenvalue weighted by Gasteiger charge is -2.28. The summed E-state index contributed by atoms with van der Waals surface area (Å²) in [6.07, 6.45) is 0. The maximum Gasteiger partial charge on any atom is 0.338 e. The summed E-state index contributed by atoms with van der Waals surface area (Å²) in [7, 11) is 0. The zero-order valence-corrected chi connectivity index (χ0v) is 19.5. The minimum Gasteiger partial charge on any atom is -0.487 e. The first kappa shape index (κ1) is 24.1. The Labute approximate surface area is 197 Å². The summed E-state index contributed by atoms with van der Waals surface area (Å²) in [6.45, 7) is 7.45. The van der Waals surface area contributed by atoms with Crippen molar-refractivity contribution in [3.63, 3.8) is 0 Å². The number of hydrogen-bond acceptors (Lipinski definition) is 6. The lowest BCUT2D eigenvalue weighted by molar-refractivity contribution is -0.139. The van der Waals surface area contributed by atoms with Crippen molar-refractivity contribution in [2.75, 3.05) is 6.61 Å². The monoisotopic (exact) mass is 470 g/mol. The third-order valence-electron chi connectivity index (χ3n) is 5.41. The molecule has 8 heteroatoms. The summed E-state index contributed by atoms with van der Waals surface area (Å²) >= 11 is 6.08. The molecule has 1 atom stereocenters. The summed E-state index contributed by atoms with van der Waals surface area (Å²) in [6, 6.07) is 9.81. The molecule has 0 aliphatic carbocycles. The first-order valence-corrected chi connectivity index (χ1v) is 10.7. The topological polar surface area (TPSA) is 94.6 Å². The minimum atomic E-state index is -0.753. The fourth-order valence-electron chi connectivity index (χ4n) is 3.80. The standard InChI is InChI=1S/C25H24ClFN2O4/c1-5-31-25(30)22-15(4)33-24(29)19(11-28)23(22)18-9-16(13(2)8-14(18)3)12-32-21-7-6-17(27)10-20(21)26/h6-10,23H,5,12,29H2,1-4H3/t23-/m0/s1. The molecular weight excluding hydrogens is 447 g/mol. The van der Waals surface area contributed by atoms with Crippen molar-refractivity contribution >= 4 is 17.6 Å². The molecule has 0 spiro atoms. The third kappa shape index (κ3) is 4.96. The number of ether oxygens (including phenoxy) is 3. The molecule has 0 amide bonds. The maximum absolute atomic E-state index is 13.3. The molecule has 6 nitrogen and oxygen atoms in total. The van der Waals surface area contributed by atoms with Gasteiger partial charge in [-0.1, -0.05) is 23.7 Å². The first-order chi connectivity index (χ1) is 15.7. The van der Waals surface area contributed by atoms with E-state index in [0.29, 0.717) is 11.3 Å². The van der Waals surface area contributed by atoms with Crippen LogP contribution in [0.1, 0.15) is 42.0 Å². The van der Waals surface area contributed by atoms with E-state index in [0.717, 1.165) is 16.7 Å².